The van der Waals surface area contributed by atoms with Crippen molar-refractivity contribution >= 4 is 12.4 Å². The van der Waals surface area contributed by atoms with Gasteiger partial charge in [0.1, 0.15) is 0 Å². The summed E-state index contributed by atoms with van der Waals surface area (Å²) in [7, 11) is 0. The molecule has 0 atom stereocenters. The molecule has 0 spiro atoms. The Morgan fingerprint density at radius 2 is 1.69 bits per heavy atom. The summed E-state index contributed by atoms with van der Waals surface area (Å²) >= 11 is 0. The average Bonchev–Trinajstić information content (AvgIpc) is 2.58. The van der Waals surface area contributed by atoms with Gasteiger partial charge in [-0.2, -0.15) is 0 Å². The number of nitrogens with zero attached hydrogens (tertiary/aromatic N) is 3. The Balaban J connectivity index is 0.00000105. The van der Waals surface area contributed by atoms with Crippen LogP contribution in [0.1, 0.15) is 30.5 Å². The van der Waals surface area contributed by atoms with Crippen LogP contribution in [0.25, 0.3) is 0 Å². The number of carbonyl (C=O) groups is 2. The van der Waals surface area contributed by atoms with E-state index in [0.717, 1.165) is 45.8 Å². The zero-order valence-corrected chi connectivity index (χ0v) is 16.6. The van der Waals surface area contributed by atoms with Crippen LogP contribution in [0.15, 0.2) is 18.2 Å². The third kappa shape index (κ3) is 7.54. The number of hydrogen-bond donors (Lipinski definition) is 1. The third-order valence-corrected chi connectivity index (χ3v) is 4.68. The van der Waals surface area contributed by atoms with Gasteiger partial charge < -0.3 is 14.9 Å². The van der Waals surface area contributed by atoms with E-state index in [9.17, 15) is 4.79 Å². The van der Waals surface area contributed by atoms with Gasteiger partial charge in [0.05, 0.1) is 6.54 Å². The molecule has 1 heterocycles. The molecule has 0 saturated carbocycles. The van der Waals surface area contributed by atoms with Gasteiger partial charge in [0.2, 0.25) is 5.91 Å². The highest BCUT2D eigenvalue weighted by atomic mass is 16.3. The second kappa shape index (κ2) is 11.6. The molecule has 1 aliphatic heterocycles. The Morgan fingerprint density at radius 1 is 1.12 bits per heavy atom. The Labute approximate surface area is 157 Å². The molecule has 0 aliphatic carbocycles. The van der Waals surface area contributed by atoms with Crippen molar-refractivity contribution in [1.29, 1.82) is 0 Å². The third-order valence-electron chi connectivity index (χ3n) is 4.68. The summed E-state index contributed by atoms with van der Waals surface area (Å²) in [6.45, 7) is 15.7. The molecule has 1 aromatic rings. The van der Waals surface area contributed by atoms with Gasteiger partial charge in [-0.15, -0.1) is 0 Å². The van der Waals surface area contributed by atoms with Crippen molar-refractivity contribution in [1.82, 2.24) is 14.7 Å². The maximum absolute atomic E-state index is 12.4. The van der Waals surface area contributed by atoms with Crippen LogP contribution in [-0.4, -0.2) is 78.0 Å². The fraction of sp³-hybridized carbons (Fsp3) is 0.600. The van der Waals surface area contributed by atoms with Crippen LogP contribution in [0, 0.1) is 13.8 Å². The van der Waals surface area contributed by atoms with Crippen LogP contribution < -0.4 is 0 Å². The van der Waals surface area contributed by atoms with Crippen LogP contribution in [0.5, 0.6) is 0 Å². The number of piperazine rings is 1. The van der Waals surface area contributed by atoms with Crippen LogP contribution in [0.3, 0.4) is 0 Å². The number of carbonyl (C=O) groups excluding carboxylic acids is 1. The van der Waals surface area contributed by atoms with Crippen molar-refractivity contribution in [2.45, 2.75) is 34.2 Å². The van der Waals surface area contributed by atoms with E-state index in [1.165, 1.54) is 16.7 Å². The molecule has 0 bridgehead atoms. The van der Waals surface area contributed by atoms with Crippen molar-refractivity contribution in [2.24, 2.45) is 0 Å². The minimum atomic E-state index is -0.250. The molecule has 6 heteroatoms. The SMILES string of the molecule is CCN(CC)CCN1CCN(Cc2cc(C)cc(C)c2)C(=O)C1.O=CO. The van der Waals surface area contributed by atoms with E-state index in [4.69, 9.17) is 9.90 Å². The standard InChI is InChI=1S/C19H31N3O.CH2O2/c1-5-20(6-2)7-8-21-9-10-22(19(23)15-21)14-18-12-16(3)11-17(4)13-18;2-1-3/h11-13H,5-10,14-15H2,1-4H3;1H,(H,2,3). The van der Waals surface area contributed by atoms with Gasteiger partial charge in [-0.1, -0.05) is 43.2 Å². The number of benzene rings is 1. The van der Waals surface area contributed by atoms with Crippen LogP contribution in [0.4, 0.5) is 0 Å². The fourth-order valence-electron chi connectivity index (χ4n) is 3.32. The predicted molar refractivity (Wildman–Crippen MR) is 104 cm³/mol. The second-order valence-corrected chi connectivity index (χ2v) is 6.72. The average molecular weight is 364 g/mol. The minimum absolute atomic E-state index is 0.250. The summed E-state index contributed by atoms with van der Waals surface area (Å²) in [5.41, 5.74) is 3.78. The molecule has 146 valence electrons. The van der Waals surface area contributed by atoms with Crippen molar-refractivity contribution in [2.75, 3.05) is 45.8 Å². The number of likely N-dealkylation sites (N-methyl/N-ethyl adjacent to an activating group) is 1. The van der Waals surface area contributed by atoms with Gasteiger partial charge in [0, 0.05) is 32.7 Å². The minimum Gasteiger partial charge on any atom is -0.483 e. The highest BCUT2D eigenvalue weighted by Gasteiger charge is 2.23. The predicted octanol–water partition coefficient (Wildman–Crippen LogP) is 1.99. The van der Waals surface area contributed by atoms with Gasteiger partial charge in [0.15, 0.2) is 0 Å². The van der Waals surface area contributed by atoms with Gasteiger partial charge in [0.25, 0.3) is 6.47 Å². The van der Waals surface area contributed by atoms with E-state index in [1.54, 1.807) is 0 Å². The molecule has 2 rings (SSSR count). The van der Waals surface area contributed by atoms with Crippen molar-refractivity contribution in [3.8, 4) is 0 Å². The summed E-state index contributed by atoms with van der Waals surface area (Å²) in [6, 6.07) is 6.55. The lowest BCUT2D eigenvalue weighted by Crippen LogP contribution is -2.51. The lowest BCUT2D eigenvalue weighted by atomic mass is 10.1. The maximum Gasteiger partial charge on any atom is 0.290 e. The van der Waals surface area contributed by atoms with Gasteiger partial charge >= 0.3 is 0 Å². The lowest BCUT2D eigenvalue weighted by molar-refractivity contribution is -0.136. The molecule has 1 aliphatic rings. The Bertz CT molecular complexity index is 553. The first-order valence-corrected chi connectivity index (χ1v) is 9.30. The molecule has 6 nitrogen and oxygen atoms in total. The molecule has 1 N–H and O–H groups in total. The summed E-state index contributed by atoms with van der Waals surface area (Å²) in [4.78, 5) is 27.5. The lowest BCUT2D eigenvalue weighted by Gasteiger charge is -2.35. The Kier molecular flexibility index (Phi) is 9.91. The van der Waals surface area contributed by atoms with Crippen LogP contribution in [-0.2, 0) is 16.1 Å². The van der Waals surface area contributed by atoms with Crippen molar-refractivity contribution in [3.05, 3.63) is 34.9 Å². The Morgan fingerprint density at radius 3 is 2.19 bits per heavy atom. The van der Waals surface area contributed by atoms with Crippen LogP contribution >= 0.6 is 0 Å². The molecular formula is C20H33N3O3. The van der Waals surface area contributed by atoms with E-state index in [0.29, 0.717) is 6.54 Å². The number of rotatable bonds is 7. The first kappa shape index (κ1) is 22.1. The molecular weight excluding hydrogens is 330 g/mol. The Hall–Kier alpha value is -1.92. The molecule has 1 fully saturated rings. The molecule has 1 amide bonds. The number of aryl methyl sites for hydroxylation is 2. The summed E-state index contributed by atoms with van der Waals surface area (Å²) in [6.07, 6.45) is 0. The zero-order valence-electron chi connectivity index (χ0n) is 16.6. The summed E-state index contributed by atoms with van der Waals surface area (Å²) in [5, 5.41) is 6.89. The van der Waals surface area contributed by atoms with E-state index < -0.39 is 0 Å². The highest BCUT2D eigenvalue weighted by Crippen LogP contribution is 2.13. The zero-order chi connectivity index (χ0) is 19.5. The van der Waals surface area contributed by atoms with E-state index in [-0.39, 0.29) is 12.4 Å². The molecule has 0 unspecified atom stereocenters. The largest absolute Gasteiger partial charge is 0.483 e. The molecule has 26 heavy (non-hydrogen) atoms. The van der Waals surface area contributed by atoms with E-state index in [2.05, 4.69) is 55.7 Å². The maximum atomic E-state index is 12.4. The molecule has 0 radical (unpaired) electrons. The number of amides is 1. The quantitative estimate of drug-likeness (QED) is 0.751. The van der Waals surface area contributed by atoms with Gasteiger partial charge in [-0.3, -0.25) is 14.5 Å². The normalized spacial score (nSPS) is 15.0. The van der Waals surface area contributed by atoms with Crippen molar-refractivity contribution in [3.63, 3.8) is 0 Å². The monoisotopic (exact) mass is 363 g/mol. The molecule has 0 aromatic heterocycles. The van der Waals surface area contributed by atoms with E-state index >= 15 is 0 Å². The second-order valence-electron chi connectivity index (χ2n) is 6.72. The van der Waals surface area contributed by atoms with Crippen LogP contribution in [0.2, 0.25) is 0 Å². The smallest absolute Gasteiger partial charge is 0.290 e. The first-order valence-electron chi connectivity index (χ1n) is 9.30. The van der Waals surface area contributed by atoms with E-state index in [1.807, 2.05) is 4.90 Å². The van der Waals surface area contributed by atoms with Gasteiger partial charge in [-0.05, 0) is 32.5 Å². The molecule has 1 saturated heterocycles. The highest BCUT2D eigenvalue weighted by molar-refractivity contribution is 5.79. The number of hydrogen-bond acceptors (Lipinski definition) is 4. The van der Waals surface area contributed by atoms with Gasteiger partial charge in [-0.25, -0.2) is 0 Å². The topological polar surface area (TPSA) is 64.1 Å². The summed E-state index contributed by atoms with van der Waals surface area (Å²) < 4.78 is 0. The first-order chi connectivity index (χ1) is 12.4. The van der Waals surface area contributed by atoms with Crippen molar-refractivity contribution < 1.29 is 14.7 Å². The summed E-state index contributed by atoms with van der Waals surface area (Å²) in [5.74, 6) is 0.259. The fourth-order valence-corrected chi connectivity index (χ4v) is 3.32. The molecule has 1 aromatic carbocycles. The number of carboxylic acid groups (broad SMARTS) is 1.